The molecule has 1 fully saturated rings. The van der Waals surface area contributed by atoms with Crippen LogP contribution in [0.25, 0.3) is 0 Å². The van der Waals surface area contributed by atoms with Crippen LogP contribution >= 0.6 is 11.8 Å². The van der Waals surface area contributed by atoms with Crippen molar-refractivity contribution in [3.05, 3.63) is 11.9 Å². The van der Waals surface area contributed by atoms with Crippen LogP contribution < -0.4 is 11.3 Å². The molecule has 2 rings (SSSR count). The van der Waals surface area contributed by atoms with Gasteiger partial charge in [-0.25, -0.2) is 0 Å². The maximum absolute atomic E-state index is 5.62. The summed E-state index contributed by atoms with van der Waals surface area (Å²) < 4.78 is 1.78. The standard InChI is InChI=1S/C11H21N5S/c1-16-11(7-13-15-16)10(14-12)8-17-9-5-3-2-4-6-9/h7,9-10,14H,2-6,8,12H2,1H3. The lowest BCUT2D eigenvalue weighted by molar-refractivity contribution is 0.511. The van der Waals surface area contributed by atoms with Gasteiger partial charge in [-0.3, -0.25) is 16.0 Å². The Morgan fingerprint density at radius 1 is 1.53 bits per heavy atom. The molecule has 0 aromatic carbocycles. The van der Waals surface area contributed by atoms with Crippen molar-refractivity contribution < 1.29 is 0 Å². The Kier molecular flexibility index (Phi) is 4.82. The highest BCUT2D eigenvalue weighted by molar-refractivity contribution is 7.99. The van der Waals surface area contributed by atoms with Crippen LogP contribution in [0.2, 0.25) is 0 Å². The van der Waals surface area contributed by atoms with Crippen molar-refractivity contribution in [2.45, 2.75) is 43.4 Å². The summed E-state index contributed by atoms with van der Waals surface area (Å²) in [4.78, 5) is 0. The van der Waals surface area contributed by atoms with Gasteiger partial charge in [0.1, 0.15) is 0 Å². The van der Waals surface area contributed by atoms with E-state index >= 15 is 0 Å². The summed E-state index contributed by atoms with van der Waals surface area (Å²) in [5.74, 6) is 6.60. The number of hydrogen-bond acceptors (Lipinski definition) is 5. The van der Waals surface area contributed by atoms with Gasteiger partial charge < -0.3 is 0 Å². The van der Waals surface area contributed by atoms with Crippen molar-refractivity contribution >= 4 is 11.8 Å². The quantitative estimate of drug-likeness (QED) is 0.614. The van der Waals surface area contributed by atoms with E-state index in [0.29, 0.717) is 0 Å². The second kappa shape index (κ2) is 6.37. The Morgan fingerprint density at radius 3 is 2.88 bits per heavy atom. The Morgan fingerprint density at radius 2 is 2.29 bits per heavy atom. The first-order valence-corrected chi connectivity index (χ1v) is 7.28. The van der Waals surface area contributed by atoms with Crippen molar-refractivity contribution in [2.24, 2.45) is 12.9 Å². The number of hydrazine groups is 1. The predicted octanol–water partition coefficient (Wildman–Crippen LogP) is 1.39. The number of nitrogens with zero attached hydrogens (tertiary/aromatic N) is 3. The van der Waals surface area contributed by atoms with Gasteiger partial charge in [-0.15, -0.1) is 5.10 Å². The Balaban J connectivity index is 1.85. The third-order valence-electron chi connectivity index (χ3n) is 3.36. The van der Waals surface area contributed by atoms with E-state index in [-0.39, 0.29) is 6.04 Å². The SMILES string of the molecule is Cn1nncc1C(CSC1CCCCC1)NN. The highest BCUT2D eigenvalue weighted by atomic mass is 32.2. The lowest BCUT2D eigenvalue weighted by Crippen LogP contribution is -2.31. The summed E-state index contributed by atoms with van der Waals surface area (Å²) >= 11 is 2.03. The van der Waals surface area contributed by atoms with Gasteiger partial charge in [0.25, 0.3) is 0 Å². The van der Waals surface area contributed by atoms with Crippen molar-refractivity contribution in [3.63, 3.8) is 0 Å². The van der Waals surface area contributed by atoms with Gasteiger partial charge in [0.15, 0.2) is 0 Å². The van der Waals surface area contributed by atoms with Crippen LogP contribution in [0.3, 0.4) is 0 Å². The van der Waals surface area contributed by atoms with E-state index in [1.54, 1.807) is 10.9 Å². The third kappa shape index (κ3) is 3.43. The van der Waals surface area contributed by atoms with Crippen LogP contribution in [0.5, 0.6) is 0 Å². The first-order valence-electron chi connectivity index (χ1n) is 6.23. The van der Waals surface area contributed by atoms with Gasteiger partial charge in [-0.2, -0.15) is 11.8 Å². The first-order chi connectivity index (χ1) is 8.31. The highest BCUT2D eigenvalue weighted by Crippen LogP contribution is 2.30. The molecule has 17 heavy (non-hydrogen) atoms. The Hall–Kier alpha value is -0.590. The average molecular weight is 255 g/mol. The topological polar surface area (TPSA) is 68.8 Å². The molecule has 5 nitrogen and oxygen atoms in total. The van der Waals surface area contributed by atoms with Gasteiger partial charge in [0.2, 0.25) is 0 Å². The summed E-state index contributed by atoms with van der Waals surface area (Å²) in [7, 11) is 1.90. The maximum Gasteiger partial charge on any atom is 0.0775 e. The fourth-order valence-corrected chi connectivity index (χ4v) is 3.69. The number of nitrogens with two attached hydrogens (primary N) is 1. The number of nitrogens with one attached hydrogen (secondary N) is 1. The minimum absolute atomic E-state index is 0.141. The molecular weight excluding hydrogens is 234 g/mol. The molecular formula is C11H21N5S. The smallest absolute Gasteiger partial charge is 0.0775 e. The summed E-state index contributed by atoms with van der Waals surface area (Å²) in [5.41, 5.74) is 3.91. The van der Waals surface area contributed by atoms with Crippen LogP contribution in [-0.4, -0.2) is 26.0 Å². The Bertz CT molecular complexity index is 334. The van der Waals surface area contributed by atoms with Crippen molar-refractivity contribution in [1.29, 1.82) is 0 Å². The molecule has 0 aliphatic heterocycles. The molecule has 1 aromatic heterocycles. The first kappa shape index (κ1) is 12.9. The molecule has 1 aliphatic rings. The predicted molar refractivity (Wildman–Crippen MR) is 70.4 cm³/mol. The zero-order valence-corrected chi connectivity index (χ0v) is 11.1. The molecule has 96 valence electrons. The molecule has 0 bridgehead atoms. The van der Waals surface area contributed by atoms with E-state index in [9.17, 15) is 0 Å². The van der Waals surface area contributed by atoms with Crippen molar-refractivity contribution in [2.75, 3.05) is 5.75 Å². The largest absolute Gasteiger partial charge is 0.271 e. The van der Waals surface area contributed by atoms with Crippen LogP contribution in [0, 0.1) is 0 Å². The minimum Gasteiger partial charge on any atom is -0.271 e. The number of hydrogen-bond donors (Lipinski definition) is 2. The van der Waals surface area contributed by atoms with Gasteiger partial charge in [-0.05, 0) is 12.8 Å². The number of thioether (sulfide) groups is 1. The van der Waals surface area contributed by atoms with Crippen LogP contribution in [0.4, 0.5) is 0 Å². The minimum atomic E-state index is 0.141. The van der Waals surface area contributed by atoms with Crippen LogP contribution in [-0.2, 0) is 7.05 Å². The molecule has 1 unspecified atom stereocenters. The lowest BCUT2D eigenvalue weighted by atomic mass is 10.0. The normalized spacial score (nSPS) is 19.4. The Labute approximate surface area is 106 Å². The summed E-state index contributed by atoms with van der Waals surface area (Å²) in [6.07, 6.45) is 8.65. The summed E-state index contributed by atoms with van der Waals surface area (Å²) in [5, 5.41) is 8.64. The summed E-state index contributed by atoms with van der Waals surface area (Å²) in [6.45, 7) is 0. The molecule has 1 aliphatic carbocycles. The van der Waals surface area contributed by atoms with Crippen LogP contribution in [0.1, 0.15) is 43.8 Å². The molecule has 1 saturated carbocycles. The van der Waals surface area contributed by atoms with E-state index in [1.165, 1.54) is 32.1 Å². The molecule has 0 spiro atoms. The lowest BCUT2D eigenvalue weighted by Gasteiger charge is -2.23. The maximum atomic E-state index is 5.62. The highest BCUT2D eigenvalue weighted by Gasteiger charge is 2.19. The fraction of sp³-hybridized carbons (Fsp3) is 0.818. The molecule has 0 amide bonds. The van der Waals surface area contributed by atoms with E-state index in [4.69, 9.17) is 5.84 Å². The van der Waals surface area contributed by atoms with E-state index in [0.717, 1.165) is 16.7 Å². The third-order valence-corrected chi connectivity index (χ3v) is 4.83. The van der Waals surface area contributed by atoms with Crippen molar-refractivity contribution in [1.82, 2.24) is 20.4 Å². The second-order valence-electron chi connectivity index (χ2n) is 4.60. The molecule has 3 N–H and O–H groups in total. The van der Waals surface area contributed by atoms with E-state index in [1.807, 2.05) is 18.8 Å². The van der Waals surface area contributed by atoms with Gasteiger partial charge in [0.05, 0.1) is 17.9 Å². The van der Waals surface area contributed by atoms with E-state index in [2.05, 4.69) is 15.7 Å². The molecule has 1 atom stereocenters. The number of aryl methyl sites for hydroxylation is 1. The van der Waals surface area contributed by atoms with Gasteiger partial charge in [-0.1, -0.05) is 24.5 Å². The molecule has 0 saturated heterocycles. The van der Waals surface area contributed by atoms with Crippen molar-refractivity contribution in [3.8, 4) is 0 Å². The zero-order valence-electron chi connectivity index (χ0n) is 10.3. The summed E-state index contributed by atoms with van der Waals surface area (Å²) in [6, 6.07) is 0.141. The van der Waals surface area contributed by atoms with E-state index < -0.39 is 0 Å². The molecule has 1 heterocycles. The molecule has 6 heteroatoms. The van der Waals surface area contributed by atoms with Crippen LogP contribution in [0.15, 0.2) is 6.20 Å². The fourth-order valence-electron chi connectivity index (χ4n) is 2.30. The second-order valence-corrected chi connectivity index (χ2v) is 5.93. The molecule has 1 aromatic rings. The number of aromatic nitrogens is 3. The van der Waals surface area contributed by atoms with Gasteiger partial charge in [0, 0.05) is 18.1 Å². The average Bonchev–Trinajstić information content (AvgIpc) is 2.78. The molecule has 0 radical (unpaired) electrons. The van der Waals surface area contributed by atoms with Gasteiger partial charge >= 0.3 is 0 Å². The monoisotopic (exact) mass is 255 g/mol. The zero-order chi connectivity index (χ0) is 12.1. The number of rotatable bonds is 5.